The molecule has 0 amide bonds. The van der Waals surface area contributed by atoms with Crippen LogP contribution in [-0.4, -0.2) is 18.1 Å². The van der Waals surface area contributed by atoms with E-state index >= 15 is 0 Å². The Morgan fingerprint density at radius 2 is 2.20 bits per heavy atom. The van der Waals surface area contributed by atoms with Gasteiger partial charge in [-0.05, 0) is 31.0 Å². The number of nitrogens with zero attached hydrogens (tertiary/aromatic N) is 1. The van der Waals surface area contributed by atoms with Crippen molar-refractivity contribution >= 4 is 34.5 Å². The van der Waals surface area contributed by atoms with Crippen LogP contribution in [0, 0.1) is 0 Å². The second kappa shape index (κ2) is 3.99. The van der Waals surface area contributed by atoms with Gasteiger partial charge in [0.2, 0.25) is 0 Å². The molecule has 1 aliphatic carbocycles. The van der Waals surface area contributed by atoms with Crippen LogP contribution in [0.1, 0.15) is 18.4 Å². The van der Waals surface area contributed by atoms with Gasteiger partial charge >= 0.3 is 0 Å². The second-order valence-corrected chi connectivity index (χ2v) is 4.72. The van der Waals surface area contributed by atoms with Crippen LogP contribution >= 0.6 is 23.8 Å². The lowest BCUT2D eigenvalue weighted by Gasteiger charge is -2.19. The summed E-state index contributed by atoms with van der Waals surface area (Å²) in [4.78, 5) is 2.59. The summed E-state index contributed by atoms with van der Waals surface area (Å²) in [5.41, 5.74) is 7.42. The zero-order chi connectivity index (χ0) is 11.0. The van der Waals surface area contributed by atoms with Gasteiger partial charge in [-0.2, -0.15) is 0 Å². The highest BCUT2D eigenvalue weighted by molar-refractivity contribution is 7.80. The first-order valence-electron chi connectivity index (χ1n) is 4.92. The number of anilines is 1. The van der Waals surface area contributed by atoms with E-state index in [4.69, 9.17) is 29.6 Å². The maximum absolute atomic E-state index is 6.10. The van der Waals surface area contributed by atoms with Gasteiger partial charge in [0.1, 0.15) is 4.99 Å². The predicted octanol–water partition coefficient (Wildman–Crippen LogP) is 2.57. The molecule has 0 spiro atoms. The topological polar surface area (TPSA) is 29.3 Å². The summed E-state index contributed by atoms with van der Waals surface area (Å²) in [6, 6.07) is 6.50. The van der Waals surface area contributed by atoms with Crippen molar-refractivity contribution in [1.82, 2.24) is 0 Å². The van der Waals surface area contributed by atoms with Crippen molar-refractivity contribution in [3.05, 3.63) is 28.8 Å². The summed E-state index contributed by atoms with van der Waals surface area (Å²) in [6.07, 6.45) is 2.54. The van der Waals surface area contributed by atoms with Gasteiger partial charge in [-0.3, -0.25) is 0 Å². The van der Waals surface area contributed by atoms with Gasteiger partial charge in [0.25, 0.3) is 0 Å². The minimum Gasteiger partial charge on any atom is -0.389 e. The first-order valence-corrected chi connectivity index (χ1v) is 5.70. The van der Waals surface area contributed by atoms with E-state index in [1.54, 1.807) is 0 Å². The molecule has 0 heterocycles. The molecule has 1 aliphatic rings. The molecule has 1 fully saturated rings. The van der Waals surface area contributed by atoms with Gasteiger partial charge in [-0.15, -0.1) is 0 Å². The van der Waals surface area contributed by atoms with Gasteiger partial charge in [0.05, 0.1) is 5.02 Å². The van der Waals surface area contributed by atoms with Gasteiger partial charge in [0.15, 0.2) is 0 Å². The number of halogens is 1. The lowest BCUT2D eigenvalue weighted by molar-refractivity contribution is 0.917. The SMILES string of the molecule is CN(c1ccc(C(N)=S)c(Cl)c1)C1CC1. The molecule has 1 saturated carbocycles. The number of hydrogen-bond acceptors (Lipinski definition) is 2. The lowest BCUT2D eigenvalue weighted by Crippen LogP contribution is -2.19. The molecular formula is C11H13ClN2S. The molecule has 1 aromatic rings. The van der Waals surface area contributed by atoms with Crippen molar-refractivity contribution in [3.63, 3.8) is 0 Å². The zero-order valence-electron chi connectivity index (χ0n) is 8.53. The quantitative estimate of drug-likeness (QED) is 0.824. The molecule has 0 bridgehead atoms. The maximum Gasteiger partial charge on any atom is 0.105 e. The number of rotatable bonds is 3. The number of hydrogen-bond donors (Lipinski definition) is 1. The first kappa shape index (κ1) is 10.7. The van der Waals surface area contributed by atoms with Crippen molar-refractivity contribution in [1.29, 1.82) is 0 Å². The van der Waals surface area contributed by atoms with E-state index in [9.17, 15) is 0 Å². The van der Waals surface area contributed by atoms with Crippen LogP contribution in [0.2, 0.25) is 5.02 Å². The van der Waals surface area contributed by atoms with Crippen LogP contribution in [0.15, 0.2) is 18.2 Å². The standard InChI is InChI=1S/C11H13ClN2S/c1-14(7-2-3-7)8-4-5-9(11(13)15)10(12)6-8/h4-7H,2-3H2,1H3,(H2,13,15). The Balaban J connectivity index is 2.28. The van der Waals surface area contributed by atoms with Crippen molar-refractivity contribution in [2.24, 2.45) is 5.73 Å². The van der Waals surface area contributed by atoms with Gasteiger partial charge in [-0.1, -0.05) is 23.8 Å². The summed E-state index contributed by atoms with van der Waals surface area (Å²) < 4.78 is 0. The van der Waals surface area contributed by atoms with Crippen molar-refractivity contribution < 1.29 is 0 Å². The molecule has 2 rings (SSSR count). The first-order chi connectivity index (χ1) is 7.09. The largest absolute Gasteiger partial charge is 0.389 e. The highest BCUT2D eigenvalue weighted by atomic mass is 35.5. The predicted molar refractivity (Wildman–Crippen MR) is 68.8 cm³/mol. The Kier molecular flexibility index (Phi) is 2.85. The van der Waals surface area contributed by atoms with Crippen LogP contribution in [-0.2, 0) is 0 Å². The fourth-order valence-electron chi connectivity index (χ4n) is 1.60. The minimum atomic E-state index is 0.348. The third-order valence-corrected chi connectivity index (χ3v) is 3.25. The zero-order valence-corrected chi connectivity index (χ0v) is 10.1. The molecule has 0 aliphatic heterocycles. The Hall–Kier alpha value is -0.800. The minimum absolute atomic E-state index is 0.348. The molecule has 1 aromatic carbocycles. The second-order valence-electron chi connectivity index (χ2n) is 3.87. The van der Waals surface area contributed by atoms with Gasteiger partial charge in [0, 0.05) is 24.3 Å². The van der Waals surface area contributed by atoms with Gasteiger partial charge < -0.3 is 10.6 Å². The summed E-state index contributed by atoms with van der Waals surface area (Å²) in [5.74, 6) is 0. The fourth-order valence-corrected chi connectivity index (χ4v) is 2.11. The van der Waals surface area contributed by atoms with Crippen LogP contribution in [0.25, 0.3) is 0 Å². The molecular weight excluding hydrogens is 228 g/mol. The number of thiocarbonyl (C=S) groups is 1. The molecule has 15 heavy (non-hydrogen) atoms. The van der Waals surface area contributed by atoms with Crippen LogP contribution < -0.4 is 10.6 Å². The molecule has 2 nitrogen and oxygen atoms in total. The summed E-state index contributed by atoms with van der Waals surface area (Å²) in [7, 11) is 2.09. The molecule has 2 N–H and O–H groups in total. The Morgan fingerprint density at radius 3 is 2.67 bits per heavy atom. The van der Waals surface area contributed by atoms with Crippen LogP contribution in [0.5, 0.6) is 0 Å². The maximum atomic E-state index is 6.10. The van der Waals surface area contributed by atoms with Crippen LogP contribution in [0.3, 0.4) is 0 Å². The van der Waals surface area contributed by atoms with Crippen molar-refractivity contribution in [2.75, 3.05) is 11.9 Å². The molecule has 0 aromatic heterocycles. The Labute approximate surface area is 100 Å². The van der Waals surface area contributed by atoms with Crippen molar-refractivity contribution in [3.8, 4) is 0 Å². The lowest BCUT2D eigenvalue weighted by atomic mass is 10.2. The third kappa shape index (κ3) is 2.24. The monoisotopic (exact) mass is 240 g/mol. The van der Waals surface area contributed by atoms with Crippen molar-refractivity contribution in [2.45, 2.75) is 18.9 Å². The molecule has 80 valence electrons. The van der Waals surface area contributed by atoms with E-state index in [2.05, 4.69) is 11.9 Å². The van der Waals surface area contributed by atoms with E-state index in [1.807, 2.05) is 18.2 Å². The average molecular weight is 241 g/mol. The fraction of sp³-hybridized carbons (Fsp3) is 0.364. The highest BCUT2D eigenvalue weighted by Gasteiger charge is 2.26. The van der Waals surface area contributed by atoms with E-state index in [1.165, 1.54) is 12.8 Å². The molecule has 4 heteroatoms. The molecule has 0 unspecified atom stereocenters. The number of benzene rings is 1. The molecule has 0 radical (unpaired) electrons. The average Bonchev–Trinajstić information content (AvgIpc) is 2.99. The smallest absolute Gasteiger partial charge is 0.105 e. The normalized spacial score (nSPS) is 15.1. The highest BCUT2D eigenvalue weighted by Crippen LogP contribution is 2.32. The van der Waals surface area contributed by atoms with Gasteiger partial charge in [-0.25, -0.2) is 0 Å². The summed E-state index contributed by atoms with van der Waals surface area (Å²) >= 11 is 11.0. The Morgan fingerprint density at radius 1 is 1.53 bits per heavy atom. The summed E-state index contributed by atoms with van der Waals surface area (Å²) in [5, 5.41) is 0.632. The van der Waals surface area contributed by atoms with E-state index < -0.39 is 0 Å². The van der Waals surface area contributed by atoms with E-state index in [-0.39, 0.29) is 0 Å². The van der Waals surface area contributed by atoms with E-state index in [0.717, 1.165) is 11.3 Å². The third-order valence-electron chi connectivity index (χ3n) is 2.72. The summed E-state index contributed by atoms with van der Waals surface area (Å²) in [6.45, 7) is 0. The van der Waals surface area contributed by atoms with E-state index in [0.29, 0.717) is 16.1 Å². The molecule has 0 saturated heterocycles. The Bertz CT molecular complexity index is 402. The molecule has 0 atom stereocenters. The van der Waals surface area contributed by atoms with Crippen LogP contribution in [0.4, 0.5) is 5.69 Å². The number of nitrogens with two attached hydrogens (primary N) is 1.